The van der Waals surface area contributed by atoms with Gasteiger partial charge in [0.15, 0.2) is 9.84 Å². The van der Waals surface area contributed by atoms with E-state index in [0.717, 1.165) is 0 Å². The van der Waals surface area contributed by atoms with Crippen LogP contribution >= 0.6 is 23.2 Å². The maximum Gasteiger partial charge on any atom is 0.277 e. The number of nitrogens with one attached hydrogen (secondary N) is 1. The number of aromatic nitrogens is 2. The average Bonchev–Trinajstić information content (AvgIpc) is 2.97. The number of ketones is 1. The van der Waals surface area contributed by atoms with E-state index in [2.05, 4.69) is 5.10 Å². The first-order chi connectivity index (χ1) is 12.2. The standard InChI is InChI=1S/C16H16Cl2N2O5S/c1-3-20-16(22)9(7-19-20)14(21)8-6-10(17)15-12(13(8)18)11(25-2)4-5-26(15,23)24/h6-7,11,19H,3-5H2,1-2H3. The number of methoxy groups -OCH3 is 1. The Morgan fingerprint density at radius 3 is 2.65 bits per heavy atom. The third kappa shape index (κ3) is 2.90. The van der Waals surface area contributed by atoms with Gasteiger partial charge in [0.2, 0.25) is 5.78 Å². The Morgan fingerprint density at radius 1 is 1.38 bits per heavy atom. The minimum absolute atomic E-state index is 0.0334. The van der Waals surface area contributed by atoms with Crippen molar-refractivity contribution in [1.82, 2.24) is 9.78 Å². The van der Waals surface area contributed by atoms with E-state index >= 15 is 0 Å². The monoisotopic (exact) mass is 418 g/mol. The van der Waals surface area contributed by atoms with Crippen molar-refractivity contribution in [2.45, 2.75) is 30.9 Å². The molecule has 0 radical (unpaired) electrons. The molecule has 0 bridgehead atoms. The van der Waals surface area contributed by atoms with E-state index in [9.17, 15) is 18.0 Å². The lowest BCUT2D eigenvalue weighted by atomic mass is 9.99. The number of carbonyl (C=O) groups excluding carboxylic acids is 1. The van der Waals surface area contributed by atoms with E-state index in [1.165, 1.54) is 24.1 Å². The molecule has 0 aliphatic carbocycles. The molecule has 26 heavy (non-hydrogen) atoms. The number of rotatable bonds is 4. The van der Waals surface area contributed by atoms with Crippen LogP contribution in [0.3, 0.4) is 0 Å². The molecule has 0 spiro atoms. The number of nitrogens with zero attached hydrogens (tertiary/aromatic N) is 1. The summed E-state index contributed by atoms with van der Waals surface area (Å²) in [5, 5.41) is 2.52. The zero-order valence-electron chi connectivity index (χ0n) is 14.0. The van der Waals surface area contributed by atoms with Crippen molar-refractivity contribution in [3.05, 3.63) is 49.4 Å². The summed E-state index contributed by atoms with van der Waals surface area (Å²) < 4.78 is 31.4. The van der Waals surface area contributed by atoms with Crippen LogP contribution in [0.15, 0.2) is 22.0 Å². The highest BCUT2D eigenvalue weighted by molar-refractivity contribution is 7.91. The van der Waals surface area contributed by atoms with Crippen molar-refractivity contribution < 1.29 is 17.9 Å². The normalized spacial score (nSPS) is 18.5. The van der Waals surface area contributed by atoms with Gasteiger partial charge >= 0.3 is 0 Å². The molecule has 1 unspecified atom stereocenters. The van der Waals surface area contributed by atoms with E-state index in [1.54, 1.807) is 6.92 Å². The minimum Gasteiger partial charge on any atom is -0.377 e. The van der Waals surface area contributed by atoms with Gasteiger partial charge in [-0.25, -0.2) is 8.42 Å². The molecule has 1 aromatic heterocycles. The number of aryl methyl sites for hydroxylation is 1. The zero-order chi connectivity index (χ0) is 19.2. The van der Waals surface area contributed by atoms with Crippen molar-refractivity contribution in [3.63, 3.8) is 0 Å². The van der Waals surface area contributed by atoms with Crippen LogP contribution in [0.25, 0.3) is 0 Å². The van der Waals surface area contributed by atoms with Crippen LogP contribution in [0.4, 0.5) is 0 Å². The minimum atomic E-state index is -3.63. The number of hydrogen-bond donors (Lipinski definition) is 1. The zero-order valence-corrected chi connectivity index (χ0v) is 16.3. The van der Waals surface area contributed by atoms with Crippen LogP contribution in [-0.4, -0.2) is 36.8 Å². The van der Waals surface area contributed by atoms with E-state index in [0.29, 0.717) is 6.54 Å². The predicted molar refractivity (Wildman–Crippen MR) is 97.0 cm³/mol. The van der Waals surface area contributed by atoms with Crippen molar-refractivity contribution in [3.8, 4) is 0 Å². The Balaban J connectivity index is 2.25. The van der Waals surface area contributed by atoms with E-state index in [4.69, 9.17) is 27.9 Å². The van der Waals surface area contributed by atoms with Crippen LogP contribution in [0.2, 0.25) is 10.0 Å². The molecule has 0 saturated heterocycles. The number of aromatic amines is 1. The summed E-state index contributed by atoms with van der Waals surface area (Å²) in [5.74, 6) is -0.757. The second-order valence-electron chi connectivity index (χ2n) is 5.86. The highest BCUT2D eigenvalue weighted by atomic mass is 35.5. The summed E-state index contributed by atoms with van der Waals surface area (Å²) in [4.78, 5) is 25.0. The molecule has 1 aromatic carbocycles. The third-order valence-corrected chi connectivity index (χ3v) is 7.07. The molecule has 7 nitrogen and oxygen atoms in total. The summed E-state index contributed by atoms with van der Waals surface area (Å²) in [7, 11) is -2.21. The number of ether oxygens (including phenoxy) is 1. The van der Waals surface area contributed by atoms with Gasteiger partial charge in [0.05, 0.1) is 26.8 Å². The lowest BCUT2D eigenvalue weighted by molar-refractivity contribution is 0.0959. The maximum absolute atomic E-state index is 12.8. The topological polar surface area (TPSA) is 98.2 Å². The Kier molecular flexibility index (Phi) is 5.04. The summed E-state index contributed by atoms with van der Waals surface area (Å²) in [5.41, 5.74) is -0.452. The van der Waals surface area contributed by atoms with Crippen LogP contribution in [0.5, 0.6) is 0 Å². The Hall–Kier alpha value is -1.61. The number of halogens is 2. The van der Waals surface area contributed by atoms with Gasteiger partial charge in [0.1, 0.15) is 5.56 Å². The second kappa shape index (κ2) is 6.84. The average molecular weight is 419 g/mol. The van der Waals surface area contributed by atoms with Gasteiger partial charge in [-0.2, -0.15) is 0 Å². The highest BCUT2D eigenvalue weighted by Gasteiger charge is 2.37. The molecule has 10 heteroatoms. The van der Waals surface area contributed by atoms with Crippen LogP contribution in [-0.2, 0) is 21.1 Å². The van der Waals surface area contributed by atoms with Crippen molar-refractivity contribution >= 4 is 38.8 Å². The lowest BCUT2D eigenvalue weighted by Crippen LogP contribution is -2.24. The molecule has 140 valence electrons. The van der Waals surface area contributed by atoms with Gasteiger partial charge in [-0.15, -0.1) is 0 Å². The molecular weight excluding hydrogens is 403 g/mol. The maximum atomic E-state index is 12.8. The van der Waals surface area contributed by atoms with Crippen molar-refractivity contribution in [1.29, 1.82) is 0 Å². The lowest BCUT2D eigenvalue weighted by Gasteiger charge is -2.27. The molecular formula is C16H16Cl2N2O5S. The Morgan fingerprint density at radius 2 is 2.08 bits per heavy atom. The summed E-state index contributed by atoms with van der Waals surface area (Å²) >= 11 is 12.6. The number of H-pyrrole nitrogens is 1. The number of sulfone groups is 1. The molecule has 1 atom stereocenters. The van der Waals surface area contributed by atoms with Gasteiger partial charge in [-0.05, 0) is 19.4 Å². The predicted octanol–water partition coefficient (Wildman–Crippen LogP) is 2.60. The van der Waals surface area contributed by atoms with Gasteiger partial charge in [-0.3, -0.25) is 14.3 Å². The summed E-state index contributed by atoms with van der Waals surface area (Å²) in [6.07, 6.45) is 0.888. The smallest absolute Gasteiger partial charge is 0.277 e. The first-order valence-electron chi connectivity index (χ1n) is 7.83. The Labute approximate surface area is 159 Å². The first kappa shape index (κ1) is 19.2. The third-order valence-electron chi connectivity index (χ3n) is 4.42. The number of carbonyl (C=O) groups is 1. The van der Waals surface area contributed by atoms with Gasteiger partial charge in [0.25, 0.3) is 5.56 Å². The van der Waals surface area contributed by atoms with E-state index in [-0.39, 0.29) is 43.8 Å². The van der Waals surface area contributed by atoms with Crippen molar-refractivity contribution in [2.24, 2.45) is 0 Å². The van der Waals surface area contributed by atoms with Gasteiger partial charge in [0, 0.05) is 31.0 Å². The number of hydrogen-bond acceptors (Lipinski definition) is 5. The SMILES string of the molecule is CCn1[nH]cc(C(=O)c2cc(Cl)c3c(c2Cl)C(OC)CCS3(=O)=O)c1=O. The van der Waals surface area contributed by atoms with Crippen LogP contribution < -0.4 is 5.56 Å². The van der Waals surface area contributed by atoms with E-state index in [1.807, 2.05) is 0 Å². The molecule has 3 rings (SSSR count). The number of fused-ring (bicyclic) bond motifs is 1. The van der Waals surface area contributed by atoms with E-state index < -0.39 is 27.3 Å². The van der Waals surface area contributed by atoms with Gasteiger partial charge in [-0.1, -0.05) is 23.2 Å². The fourth-order valence-corrected chi connectivity index (χ4v) is 5.72. The van der Waals surface area contributed by atoms with Crippen molar-refractivity contribution in [2.75, 3.05) is 12.9 Å². The van der Waals surface area contributed by atoms with Gasteiger partial charge < -0.3 is 9.84 Å². The summed E-state index contributed by atoms with van der Waals surface area (Å²) in [6.45, 7) is 2.12. The van der Waals surface area contributed by atoms with Crippen LogP contribution in [0, 0.1) is 0 Å². The molecule has 1 aliphatic rings. The fourth-order valence-electron chi connectivity index (χ4n) is 3.09. The molecule has 0 fully saturated rings. The summed E-state index contributed by atoms with van der Waals surface area (Å²) in [6, 6.07) is 1.20. The fraction of sp³-hybridized carbons (Fsp3) is 0.375. The molecule has 0 saturated carbocycles. The highest BCUT2D eigenvalue weighted by Crippen LogP contribution is 2.44. The van der Waals surface area contributed by atoms with Crippen LogP contribution in [0.1, 0.15) is 40.9 Å². The molecule has 0 amide bonds. The molecule has 2 heterocycles. The second-order valence-corrected chi connectivity index (χ2v) is 8.69. The Bertz CT molecular complexity index is 1060. The molecule has 1 N–H and O–H groups in total. The quantitative estimate of drug-likeness (QED) is 0.769. The largest absolute Gasteiger partial charge is 0.377 e. The first-order valence-corrected chi connectivity index (χ1v) is 10.2. The molecule has 1 aliphatic heterocycles. The molecule has 2 aromatic rings. The number of benzene rings is 1.